The molecular formula is C31H31FN6O. The largest absolute Gasteiger partial charge is 0.475 e. The van der Waals surface area contributed by atoms with Crippen molar-refractivity contribution in [1.82, 2.24) is 24.5 Å². The molecule has 1 atom stereocenters. The van der Waals surface area contributed by atoms with Crippen molar-refractivity contribution in [3.8, 4) is 28.5 Å². The molecule has 1 N–H and O–H groups in total. The van der Waals surface area contributed by atoms with Crippen LogP contribution in [0.1, 0.15) is 43.6 Å². The number of pyridine rings is 1. The van der Waals surface area contributed by atoms with E-state index in [1.807, 2.05) is 31.2 Å². The molecule has 1 aliphatic rings. The van der Waals surface area contributed by atoms with Gasteiger partial charge in [0.05, 0.1) is 28.6 Å². The number of aromatic nitrogens is 5. The maximum absolute atomic E-state index is 13.8. The molecule has 0 fully saturated rings. The predicted molar refractivity (Wildman–Crippen MR) is 151 cm³/mol. The summed E-state index contributed by atoms with van der Waals surface area (Å²) in [6.07, 6.45) is 5.62. The first-order valence-corrected chi connectivity index (χ1v) is 13.5. The molecule has 0 amide bonds. The van der Waals surface area contributed by atoms with E-state index in [-0.39, 0.29) is 11.9 Å². The van der Waals surface area contributed by atoms with Gasteiger partial charge < -0.3 is 14.6 Å². The highest BCUT2D eigenvalue weighted by Crippen LogP contribution is 2.39. The summed E-state index contributed by atoms with van der Waals surface area (Å²) in [6.45, 7) is 5.45. The minimum atomic E-state index is -0.277. The summed E-state index contributed by atoms with van der Waals surface area (Å²) < 4.78 is 22.4. The highest BCUT2D eigenvalue weighted by atomic mass is 19.1. The second-order valence-corrected chi connectivity index (χ2v) is 9.95. The Hall–Kier alpha value is -4.33. The smallest absolute Gasteiger partial charge is 0.223 e. The normalized spacial score (nSPS) is 14.5. The summed E-state index contributed by atoms with van der Waals surface area (Å²) in [5.41, 5.74) is 5.22. The Morgan fingerprint density at radius 2 is 1.90 bits per heavy atom. The lowest BCUT2D eigenvalue weighted by Crippen LogP contribution is -2.16. The van der Waals surface area contributed by atoms with Gasteiger partial charge in [0.15, 0.2) is 0 Å². The Balaban J connectivity index is 1.36. The van der Waals surface area contributed by atoms with Crippen molar-refractivity contribution >= 4 is 16.9 Å². The number of para-hydroxylation sites is 1. The van der Waals surface area contributed by atoms with Crippen LogP contribution >= 0.6 is 0 Å². The van der Waals surface area contributed by atoms with E-state index in [0.29, 0.717) is 18.4 Å². The van der Waals surface area contributed by atoms with Gasteiger partial charge in [0.2, 0.25) is 11.8 Å². The quantitative estimate of drug-likeness (QED) is 0.215. The summed E-state index contributed by atoms with van der Waals surface area (Å²) in [7, 11) is 0. The van der Waals surface area contributed by atoms with Crippen LogP contribution in [0.3, 0.4) is 0 Å². The van der Waals surface area contributed by atoms with Crippen LogP contribution in [-0.2, 0) is 6.42 Å². The van der Waals surface area contributed by atoms with Crippen molar-refractivity contribution in [2.45, 2.75) is 45.6 Å². The number of ether oxygens (including phenoxy) is 1. The molecule has 1 unspecified atom stereocenters. The number of benzene rings is 2. The first-order valence-electron chi connectivity index (χ1n) is 13.5. The molecule has 0 aliphatic carbocycles. The number of halogens is 1. The Morgan fingerprint density at radius 3 is 2.74 bits per heavy atom. The van der Waals surface area contributed by atoms with E-state index in [4.69, 9.17) is 19.7 Å². The zero-order valence-electron chi connectivity index (χ0n) is 22.2. The summed E-state index contributed by atoms with van der Waals surface area (Å²) in [6, 6.07) is 18.6. The molecule has 198 valence electrons. The summed E-state index contributed by atoms with van der Waals surface area (Å²) in [5.74, 6) is 1.93. The molecule has 6 rings (SSSR count). The van der Waals surface area contributed by atoms with E-state index in [1.54, 1.807) is 18.3 Å². The number of anilines is 1. The Kier molecular flexibility index (Phi) is 6.92. The third kappa shape index (κ3) is 5.06. The Morgan fingerprint density at radius 1 is 1.05 bits per heavy atom. The van der Waals surface area contributed by atoms with E-state index in [2.05, 4.69) is 33.9 Å². The molecule has 0 radical (unpaired) electrons. The van der Waals surface area contributed by atoms with Gasteiger partial charge in [-0.3, -0.25) is 0 Å². The van der Waals surface area contributed by atoms with E-state index < -0.39 is 0 Å². The monoisotopic (exact) mass is 522 g/mol. The van der Waals surface area contributed by atoms with Crippen molar-refractivity contribution in [3.05, 3.63) is 84.1 Å². The molecule has 0 saturated heterocycles. The van der Waals surface area contributed by atoms with Crippen LogP contribution in [0.5, 0.6) is 5.88 Å². The van der Waals surface area contributed by atoms with Crippen LogP contribution in [0.15, 0.2) is 66.9 Å². The zero-order chi connectivity index (χ0) is 26.8. The minimum absolute atomic E-state index is 0.0517. The van der Waals surface area contributed by atoms with Gasteiger partial charge in [-0.2, -0.15) is 0 Å². The van der Waals surface area contributed by atoms with Crippen LogP contribution in [0, 0.1) is 12.7 Å². The average molecular weight is 523 g/mol. The highest BCUT2D eigenvalue weighted by molar-refractivity contribution is 5.80. The molecule has 3 aromatic heterocycles. The first kappa shape index (κ1) is 25.0. The number of unbranched alkanes of at least 4 members (excludes halogenated alkanes) is 1. The van der Waals surface area contributed by atoms with Crippen molar-refractivity contribution in [2.75, 3.05) is 18.5 Å². The molecule has 1 aliphatic heterocycles. The fourth-order valence-electron chi connectivity index (χ4n) is 5.16. The van der Waals surface area contributed by atoms with Gasteiger partial charge in [0, 0.05) is 35.7 Å². The number of nitrogens with zero attached hydrogens (tertiary/aromatic N) is 5. The molecule has 0 spiro atoms. The summed E-state index contributed by atoms with van der Waals surface area (Å²) in [4.78, 5) is 19.1. The number of imidazole rings is 1. The van der Waals surface area contributed by atoms with Gasteiger partial charge in [0.25, 0.3) is 0 Å². The molecule has 0 saturated carbocycles. The number of rotatable bonds is 9. The number of hydrogen-bond acceptors (Lipinski definition) is 6. The van der Waals surface area contributed by atoms with Crippen LogP contribution in [0.4, 0.5) is 10.3 Å². The lowest BCUT2D eigenvalue weighted by atomic mass is 10.1. The predicted octanol–water partition coefficient (Wildman–Crippen LogP) is 6.78. The molecule has 4 heterocycles. The molecule has 39 heavy (non-hydrogen) atoms. The molecule has 2 aromatic carbocycles. The zero-order valence-corrected chi connectivity index (χ0v) is 22.2. The number of nitrogens with one attached hydrogen (secondary N) is 1. The van der Waals surface area contributed by atoms with E-state index in [1.165, 1.54) is 12.1 Å². The Labute approximate surface area is 227 Å². The molecule has 5 aromatic rings. The van der Waals surface area contributed by atoms with Gasteiger partial charge in [-0.05, 0) is 62.2 Å². The second-order valence-electron chi connectivity index (χ2n) is 9.95. The van der Waals surface area contributed by atoms with Crippen molar-refractivity contribution in [1.29, 1.82) is 0 Å². The molecule has 7 nitrogen and oxygen atoms in total. The molecule has 0 bridgehead atoms. The van der Waals surface area contributed by atoms with Gasteiger partial charge in [0.1, 0.15) is 18.2 Å². The van der Waals surface area contributed by atoms with Crippen molar-refractivity contribution < 1.29 is 9.13 Å². The maximum Gasteiger partial charge on any atom is 0.223 e. The fourth-order valence-corrected chi connectivity index (χ4v) is 5.16. The van der Waals surface area contributed by atoms with Gasteiger partial charge in [-0.1, -0.05) is 31.5 Å². The maximum atomic E-state index is 13.8. The molecular weight excluding hydrogens is 491 g/mol. The van der Waals surface area contributed by atoms with Crippen molar-refractivity contribution in [2.24, 2.45) is 0 Å². The first-order chi connectivity index (χ1) is 19.1. The lowest BCUT2D eigenvalue weighted by Gasteiger charge is -2.19. The van der Waals surface area contributed by atoms with E-state index in [9.17, 15) is 4.39 Å². The second kappa shape index (κ2) is 10.8. The van der Waals surface area contributed by atoms with Crippen LogP contribution in [-0.4, -0.2) is 37.7 Å². The van der Waals surface area contributed by atoms with Gasteiger partial charge >= 0.3 is 0 Å². The molecule has 8 heteroatoms. The van der Waals surface area contributed by atoms with E-state index >= 15 is 0 Å². The third-order valence-electron chi connectivity index (χ3n) is 7.16. The number of hydrogen-bond donors (Lipinski definition) is 1. The van der Waals surface area contributed by atoms with Crippen LogP contribution in [0.25, 0.3) is 33.5 Å². The summed E-state index contributed by atoms with van der Waals surface area (Å²) >= 11 is 0. The van der Waals surface area contributed by atoms with Gasteiger partial charge in [-0.15, -0.1) is 0 Å². The lowest BCUT2D eigenvalue weighted by molar-refractivity contribution is 0.246. The fraction of sp³-hybridized carbons (Fsp3) is 0.290. The third-order valence-corrected chi connectivity index (χ3v) is 7.16. The average Bonchev–Trinajstić information content (AvgIpc) is 3.52. The SMILES string of the molecule is CCCCNc1nccc(-c2c(-c3ccc(F)cc3)nc3n2C(COc2nc4ccccc4cc2C)CC3)n1. The standard InChI is InChI=1S/C31H31FN6O/c1-3-4-16-33-31-34-17-15-26(36-31)29-28(21-9-11-23(32)12-10-21)37-27-14-13-24(38(27)29)19-39-30-20(2)18-22-7-5-6-8-25(22)35-30/h5-12,15,17-18,24H,3-4,13-14,16,19H2,1-2H3,(H,33,34,36). The van der Waals surface area contributed by atoms with Crippen LogP contribution in [0.2, 0.25) is 0 Å². The van der Waals surface area contributed by atoms with Crippen molar-refractivity contribution in [3.63, 3.8) is 0 Å². The van der Waals surface area contributed by atoms with Crippen LogP contribution < -0.4 is 10.1 Å². The number of aryl methyl sites for hydroxylation is 2. The highest BCUT2D eigenvalue weighted by Gasteiger charge is 2.31. The van der Waals surface area contributed by atoms with E-state index in [0.717, 1.165) is 77.2 Å². The topological polar surface area (TPSA) is 77.8 Å². The van der Waals surface area contributed by atoms with Gasteiger partial charge in [-0.25, -0.2) is 24.3 Å². The minimum Gasteiger partial charge on any atom is -0.475 e. The Bertz CT molecular complexity index is 1610. The number of fused-ring (bicyclic) bond motifs is 2. The summed E-state index contributed by atoms with van der Waals surface area (Å²) in [5, 5.41) is 4.42.